The Morgan fingerprint density at radius 1 is 0.800 bits per heavy atom. The van der Waals surface area contributed by atoms with E-state index in [-0.39, 0.29) is 11.7 Å². The SMILES string of the molecule is CC.CC(C)(C)OC(=O)N1CC=C(c2ccc(C3c4ccc(OC(C)(C)C)cc4CCC3C3=CCCC=C3)cc2)CC1.CC(C)(O)C(C)(C)O. The molecule has 1 heterocycles. The highest BCUT2D eigenvalue weighted by atomic mass is 16.6. The van der Waals surface area contributed by atoms with Crippen molar-refractivity contribution in [1.82, 2.24) is 4.90 Å². The van der Waals surface area contributed by atoms with Crippen LogP contribution in [0.2, 0.25) is 0 Å². The Labute approximate surface area is 303 Å². The van der Waals surface area contributed by atoms with Gasteiger partial charge in [0.1, 0.15) is 17.0 Å². The van der Waals surface area contributed by atoms with Gasteiger partial charge in [-0.1, -0.05) is 68.5 Å². The van der Waals surface area contributed by atoms with E-state index in [1.54, 1.807) is 32.6 Å². The second-order valence-corrected chi connectivity index (χ2v) is 16.5. The number of hydrogen-bond donors (Lipinski definition) is 2. The highest BCUT2D eigenvalue weighted by molar-refractivity contribution is 5.73. The molecular formula is C44H65NO5. The second-order valence-electron chi connectivity index (χ2n) is 16.5. The molecule has 50 heavy (non-hydrogen) atoms. The number of carbonyl (C=O) groups excluding carboxylic acids is 1. The quantitative estimate of drug-likeness (QED) is 0.327. The lowest BCUT2D eigenvalue weighted by atomic mass is 9.68. The van der Waals surface area contributed by atoms with Gasteiger partial charge in [-0.05, 0) is 153 Å². The minimum absolute atomic E-state index is 0.212. The number of aryl methyl sites for hydroxylation is 1. The smallest absolute Gasteiger partial charge is 0.410 e. The van der Waals surface area contributed by atoms with Gasteiger partial charge in [0.2, 0.25) is 0 Å². The Morgan fingerprint density at radius 2 is 1.44 bits per heavy atom. The number of rotatable bonds is 5. The molecule has 1 amide bonds. The zero-order valence-corrected chi connectivity index (χ0v) is 33.0. The number of hydrogen-bond acceptors (Lipinski definition) is 5. The van der Waals surface area contributed by atoms with Gasteiger partial charge in [-0.15, -0.1) is 0 Å². The fourth-order valence-electron chi connectivity index (χ4n) is 6.22. The van der Waals surface area contributed by atoms with E-state index >= 15 is 0 Å². The zero-order chi connectivity index (χ0) is 37.5. The molecule has 0 bridgehead atoms. The van der Waals surface area contributed by atoms with Gasteiger partial charge in [-0.3, -0.25) is 0 Å². The molecule has 0 aromatic heterocycles. The van der Waals surface area contributed by atoms with Crippen LogP contribution in [-0.2, 0) is 11.2 Å². The summed E-state index contributed by atoms with van der Waals surface area (Å²) in [5.41, 5.74) is 5.52. The summed E-state index contributed by atoms with van der Waals surface area (Å²) >= 11 is 0. The first-order valence-corrected chi connectivity index (χ1v) is 18.6. The van der Waals surface area contributed by atoms with Crippen LogP contribution < -0.4 is 4.74 Å². The molecule has 6 nitrogen and oxygen atoms in total. The number of amides is 1. The van der Waals surface area contributed by atoms with E-state index < -0.39 is 16.8 Å². The third-order valence-corrected chi connectivity index (χ3v) is 9.45. The average molecular weight is 688 g/mol. The van der Waals surface area contributed by atoms with Crippen molar-refractivity contribution in [2.45, 2.75) is 144 Å². The van der Waals surface area contributed by atoms with Crippen molar-refractivity contribution in [1.29, 1.82) is 0 Å². The average Bonchev–Trinajstić information content (AvgIpc) is 3.03. The van der Waals surface area contributed by atoms with Crippen LogP contribution in [0.15, 0.2) is 72.3 Å². The number of benzene rings is 2. The Balaban J connectivity index is 0.000000596. The van der Waals surface area contributed by atoms with Crippen LogP contribution in [0.4, 0.5) is 4.79 Å². The first-order chi connectivity index (χ1) is 23.2. The molecule has 1 aliphatic heterocycles. The zero-order valence-electron chi connectivity index (χ0n) is 33.0. The van der Waals surface area contributed by atoms with Gasteiger partial charge in [0.15, 0.2) is 0 Å². The molecule has 2 N–H and O–H groups in total. The summed E-state index contributed by atoms with van der Waals surface area (Å²) < 4.78 is 11.8. The number of carbonyl (C=O) groups is 1. The van der Waals surface area contributed by atoms with Crippen LogP contribution in [0.25, 0.3) is 5.57 Å². The molecule has 5 rings (SSSR count). The highest BCUT2D eigenvalue weighted by Gasteiger charge is 2.34. The van der Waals surface area contributed by atoms with Gasteiger partial charge in [0.05, 0.1) is 11.2 Å². The molecule has 0 fully saturated rings. The highest BCUT2D eigenvalue weighted by Crippen LogP contribution is 2.46. The lowest BCUT2D eigenvalue weighted by Crippen LogP contribution is -2.44. The van der Waals surface area contributed by atoms with E-state index in [1.807, 2.05) is 34.6 Å². The van der Waals surface area contributed by atoms with Crippen molar-refractivity contribution in [2.75, 3.05) is 13.1 Å². The van der Waals surface area contributed by atoms with E-state index in [0.717, 1.165) is 37.9 Å². The lowest BCUT2D eigenvalue weighted by Gasteiger charge is -2.36. The van der Waals surface area contributed by atoms with Crippen LogP contribution in [0.5, 0.6) is 5.75 Å². The second kappa shape index (κ2) is 16.8. The third kappa shape index (κ3) is 11.6. The molecule has 0 saturated carbocycles. The summed E-state index contributed by atoms with van der Waals surface area (Å²) in [4.78, 5) is 14.3. The van der Waals surface area contributed by atoms with E-state index in [1.165, 1.54) is 33.4 Å². The number of allylic oxidation sites excluding steroid dienone is 4. The molecule has 2 atom stereocenters. The third-order valence-electron chi connectivity index (χ3n) is 9.45. The predicted octanol–water partition coefficient (Wildman–Crippen LogP) is 10.4. The summed E-state index contributed by atoms with van der Waals surface area (Å²) in [7, 11) is 0. The first kappa shape index (κ1) is 41.1. The topological polar surface area (TPSA) is 79.2 Å². The Kier molecular flexibility index (Phi) is 13.8. The number of ether oxygens (including phenoxy) is 2. The normalized spacial score (nSPS) is 19.4. The van der Waals surface area contributed by atoms with E-state index in [0.29, 0.717) is 24.9 Å². The summed E-state index contributed by atoms with van der Waals surface area (Å²) in [5.74, 6) is 1.75. The fraction of sp³-hybridized carbons (Fsp3) is 0.568. The van der Waals surface area contributed by atoms with Crippen LogP contribution in [-0.4, -0.2) is 56.7 Å². The molecule has 0 spiro atoms. The summed E-state index contributed by atoms with van der Waals surface area (Å²) in [6, 6.07) is 15.9. The summed E-state index contributed by atoms with van der Waals surface area (Å²) in [6.07, 6.45) is 14.4. The van der Waals surface area contributed by atoms with E-state index in [4.69, 9.17) is 19.7 Å². The number of nitrogens with zero attached hydrogens (tertiary/aromatic N) is 1. The van der Waals surface area contributed by atoms with Gasteiger partial charge in [-0.2, -0.15) is 0 Å². The Bertz CT molecular complexity index is 1490. The first-order valence-electron chi connectivity index (χ1n) is 18.6. The Hall–Kier alpha value is -3.35. The lowest BCUT2D eigenvalue weighted by molar-refractivity contribution is -0.107. The standard InChI is InChI=1S/C36H45NO3.C6H14O2.C2H6/c1-35(2,3)39-30-17-19-32-29(24-30)16-18-31(27-10-8-7-9-11-27)33(32)28-14-12-25(13-15-28)26-20-22-37(23-21-26)34(38)40-36(4,5)6;1-5(2,7)6(3,4)8;1-2/h8,10-15,17,19-20,24,31,33H,7,9,16,18,21-23H2,1-6H3;7-8H,1-4H3;1-2H3. The molecule has 2 unspecified atom stereocenters. The minimum atomic E-state index is -1.01. The van der Waals surface area contributed by atoms with Crippen molar-refractivity contribution < 1.29 is 24.5 Å². The number of aliphatic hydroxyl groups is 2. The van der Waals surface area contributed by atoms with Crippen molar-refractivity contribution in [3.63, 3.8) is 0 Å². The van der Waals surface area contributed by atoms with E-state index in [9.17, 15) is 4.79 Å². The van der Waals surface area contributed by atoms with Crippen LogP contribution in [0.3, 0.4) is 0 Å². The molecule has 0 radical (unpaired) electrons. The van der Waals surface area contributed by atoms with Gasteiger partial charge < -0.3 is 24.6 Å². The molecule has 3 aliphatic rings. The maximum absolute atomic E-state index is 12.5. The van der Waals surface area contributed by atoms with Gasteiger partial charge in [0.25, 0.3) is 0 Å². The van der Waals surface area contributed by atoms with Crippen molar-refractivity contribution >= 4 is 11.7 Å². The van der Waals surface area contributed by atoms with Crippen molar-refractivity contribution in [3.05, 3.63) is 94.6 Å². The van der Waals surface area contributed by atoms with Crippen molar-refractivity contribution in [2.24, 2.45) is 5.92 Å². The largest absolute Gasteiger partial charge is 0.488 e. The van der Waals surface area contributed by atoms with Crippen LogP contribution >= 0.6 is 0 Å². The Morgan fingerprint density at radius 3 is 1.94 bits per heavy atom. The van der Waals surface area contributed by atoms with Gasteiger partial charge >= 0.3 is 6.09 Å². The molecule has 276 valence electrons. The molecule has 2 aliphatic carbocycles. The predicted molar refractivity (Wildman–Crippen MR) is 208 cm³/mol. The minimum Gasteiger partial charge on any atom is -0.488 e. The molecule has 6 heteroatoms. The van der Waals surface area contributed by atoms with E-state index in [2.05, 4.69) is 87.5 Å². The maximum atomic E-state index is 12.5. The van der Waals surface area contributed by atoms with Crippen LogP contribution in [0, 0.1) is 5.92 Å². The molecular weight excluding hydrogens is 622 g/mol. The van der Waals surface area contributed by atoms with Gasteiger partial charge in [-0.25, -0.2) is 4.79 Å². The molecule has 2 aromatic carbocycles. The van der Waals surface area contributed by atoms with Crippen molar-refractivity contribution in [3.8, 4) is 5.75 Å². The van der Waals surface area contributed by atoms with Gasteiger partial charge in [0, 0.05) is 19.0 Å². The summed E-state index contributed by atoms with van der Waals surface area (Å²) in [6.45, 7) is 23.6. The molecule has 2 aromatic rings. The molecule has 0 saturated heterocycles. The fourth-order valence-corrected chi connectivity index (χ4v) is 6.22. The monoisotopic (exact) mass is 687 g/mol. The number of fused-ring (bicyclic) bond motifs is 1. The summed E-state index contributed by atoms with van der Waals surface area (Å²) in [5, 5.41) is 18.2. The maximum Gasteiger partial charge on any atom is 0.410 e. The van der Waals surface area contributed by atoms with Crippen LogP contribution in [0.1, 0.15) is 137 Å².